The first kappa shape index (κ1) is 17.7. The summed E-state index contributed by atoms with van der Waals surface area (Å²) in [5.41, 5.74) is 1.52. The van der Waals surface area contributed by atoms with Gasteiger partial charge in [-0.15, -0.1) is 0 Å². The lowest BCUT2D eigenvalue weighted by Gasteiger charge is -2.34. The van der Waals surface area contributed by atoms with E-state index in [4.69, 9.17) is 0 Å². The minimum Gasteiger partial charge on any atom is -0.435 e. The summed E-state index contributed by atoms with van der Waals surface area (Å²) < 4.78 is 42.3. The van der Waals surface area contributed by atoms with Gasteiger partial charge in [0.1, 0.15) is 11.6 Å². The van der Waals surface area contributed by atoms with E-state index < -0.39 is 6.61 Å². The lowest BCUT2D eigenvalue weighted by molar-refractivity contribution is -0.0498. The standard InChI is InChI=1S/C18H20F3N3O/c19-16-2-1-7-22-17(16)13-24-10-8-23(9-11-24)12-14-3-5-15(6-4-14)25-18(20)21/h1-7,18H,8-13H2. The van der Waals surface area contributed by atoms with Crippen molar-refractivity contribution in [2.45, 2.75) is 19.7 Å². The van der Waals surface area contributed by atoms with E-state index in [1.807, 2.05) is 0 Å². The van der Waals surface area contributed by atoms with Crippen LogP contribution in [0, 0.1) is 5.82 Å². The number of piperazine rings is 1. The van der Waals surface area contributed by atoms with Crippen LogP contribution in [0.4, 0.5) is 13.2 Å². The van der Waals surface area contributed by atoms with Crippen molar-refractivity contribution in [1.82, 2.24) is 14.8 Å². The number of hydrogen-bond donors (Lipinski definition) is 0. The fraction of sp³-hybridized carbons (Fsp3) is 0.389. The molecule has 0 aliphatic carbocycles. The first-order valence-corrected chi connectivity index (χ1v) is 8.18. The molecule has 0 amide bonds. The van der Waals surface area contributed by atoms with Gasteiger partial charge in [0.15, 0.2) is 0 Å². The lowest BCUT2D eigenvalue weighted by Crippen LogP contribution is -2.45. The van der Waals surface area contributed by atoms with Gasteiger partial charge in [0.05, 0.1) is 5.69 Å². The van der Waals surface area contributed by atoms with E-state index in [0.29, 0.717) is 12.2 Å². The molecule has 1 aromatic heterocycles. The molecule has 0 radical (unpaired) electrons. The number of ether oxygens (including phenoxy) is 1. The smallest absolute Gasteiger partial charge is 0.387 e. The molecule has 7 heteroatoms. The van der Waals surface area contributed by atoms with Crippen molar-refractivity contribution in [1.29, 1.82) is 0 Å². The van der Waals surface area contributed by atoms with Crippen LogP contribution in [0.5, 0.6) is 5.75 Å². The highest BCUT2D eigenvalue weighted by Gasteiger charge is 2.18. The fourth-order valence-corrected chi connectivity index (χ4v) is 2.89. The van der Waals surface area contributed by atoms with Crippen molar-refractivity contribution < 1.29 is 17.9 Å². The maximum absolute atomic E-state index is 13.7. The van der Waals surface area contributed by atoms with Crippen LogP contribution >= 0.6 is 0 Å². The van der Waals surface area contributed by atoms with Crippen molar-refractivity contribution in [3.8, 4) is 5.75 Å². The molecule has 0 saturated carbocycles. The third-order valence-corrected chi connectivity index (χ3v) is 4.23. The van der Waals surface area contributed by atoms with Crippen LogP contribution in [0.25, 0.3) is 0 Å². The molecule has 1 fully saturated rings. The summed E-state index contributed by atoms with van der Waals surface area (Å²) in [5, 5.41) is 0. The van der Waals surface area contributed by atoms with Crippen LogP contribution in [0.15, 0.2) is 42.6 Å². The van der Waals surface area contributed by atoms with Crippen molar-refractivity contribution in [3.05, 3.63) is 59.7 Å². The minimum atomic E-state index is -2.80. The Morgan fingerprint density at radius 1 is 0.960 bits per heavy atom. The number of pyridine rings is 1. The number of nitrogens with zero attached hydrogens (tertiary/aromatic N) is 3. The molecule has 2 aromatic rings. The summed E-state index contributed by atoms with van der Waals surface area (Å²) in [7, 11) is 0. The molecule has 1 aliphatic rings. The molecule has 1 aromatic carbocycles. The Morgan fingerprint density at radius 2 is 1.60 bits per heavy atom. The van der Waals surface area contributed by atoms with Gasteiger partial charge in [0.25, 0.3) is 0 Å². The van der Waals surface area contributed by atoms with E-state index in [2.05, 4.69) is 19.5 Å². The number of hydrogen-bond acceptors (Lipinski definition) is 4. The van der Waals surface area contributed by atoms with Gasteiger partial charge in [0.2, 0.25) is 0 Å². The second kappa shape index (κ2) is 8.31. The molecule has 4 nitrogen and oxygen atoms in total. The normalized spacial score (nSPS) is 16.3. The molecule has 134 valence electrons. The Morgan fingerprint density at radius 3 is 2.20 bits per heavy atom. The molecule has 0 spiro atoms. The quantitative estimate of drug-likeness (QED) is 0.799. The molecule has 0 atom stereocenters. The summed E-state index contributed by atoms with van der Waals surface area (Å²) >= 11 is 0. The number of alkyl halides is 2. The molecular weight excluding hydrogens is 331 g/mol. The van der Waals surface area contributed by atoms with Gasteiger partial charge < -0.3 is 4.74 Å². The third kappa shape index (κ3) is 5.17. The van der Waals surface area contributed by atoms with E-state index >= 15 is 0 Å². The average Bonchev–Trinajstić information content (AvgIpc) is 2.60. The first-order chi connectivity index (χ1) is 12.1. The van der Waals surface area contributed by atoms with E-state index in [1.165, 1.54) is 6.07 Å². The molecule has 1 saturated heterocycles. The van der Waals surface area contributed by atoms with Gasteiger partial charge in [-0.25, -0.2) is 4.39 Å². The maximum atomic E-state index is 13.7. The summed E-state index contributed by atoms with van der Waals surface area (Å²) in [6.45, 7) is 1.86. The number of benzene rings is 1. The maximum Gasteiger partial charge on any atom is 0.387 e. The molecule has 25 heavy (non-hydrogen) atoms. The molecular formula is C18H20F3N3O. The highest BCUT2D eigenvalue weighted by atomic mass is 19.3. The zero-order valence-electron chi connectivity index (χ0n) is 13.7. The van der Waals surface area contributed by atoms with Crippen LogP contribution in [0.2, 0.25) is 0 Å². The van der Waals surface area contributed by atoms with Crippen LogP contribution in [-0.2, 0) is 13.1 Å². The number of aromatic nitrogens is 1. The molecule has 0 unspecified atom stereocenters. The van der Waals surface area contributed by atoms with Crippen molar-refractivity contribution >= 4 is 0 Å². The third-order valence-electron chi connectivity index (χ3n) is 4.23. The predicted molar refractivity (Wildman–Crippen MR) is 87.8 cm³/mol. The molecule has 0 N–H and O–H groups in total. The second-order valence-electron chi connectivity index (χ2n) is 6.01. The highest BCUT2D eigenvalue weighted by molar-refractivity contribution is 5.27. The topological polar surface area (TPSA) is 28.6 Å². The minimum absolute atomic E-state index is 0.168. The summed E-state index contributed by atoms with van der Waals surface area (Å²) in [4.78, 5) is 8.56. The fourth-order valence-electron chi connectivity index (χ4n) is 2.89. The SMILES string of the molecule is Fc1cccnc1CN1CCN(Cc2ccc(OC(F)F)cc2)CC1. The second-order valence-corrected chi connectivity index (χ2v) is 6.01. The zero-order chi connectivity index (χ0) is 17.6. The first-order valence-electron chi connectivity index (χ1n) is 8.18. The Kier molecular flexibility index (Phi) is 5.88. The zero-order valence-corrected chi connectivity index (χ0v) is 13.7. The lowest BCUT2D eigenvalue weighted by atomic mass is 10.2. The highest BCUT2D eigenvalue weighted by Crippen LogP contribution is 2.17. The van der Waals surface area contributed by atoms with Crippen molar-refractivity contribution in [3.63, 3.8) is 0 Å². The molecule has 1 aliphatic heterocycles. The van der Waals surface area contributed by atoms with Crippen molar-refractivity contribution in [2.75, 3.05) is 26.2 Å². The summed E-state index contributed by atoms with van der Waals surface area (Å²) in [5.74, 6) is -0.100. The number of halogens is 3. The van der Waals surface area contributed by atoms with E-state index in [1.54, 1.807) is 36.5 Å². The molecule has 3 rings (SSSR count). The Balaban J connectivity index is 1.47. The molecule has 0 bridgehead atoms. The van der Waals surface area contributed by atoms with Gasteiger partial charge in [-0.05, 0) is 29.8 Å². The van der Waals surface area contributed by atoms with Crippen molar-refractivity contribution in [2.24, 2.45) is 0 Å². The number of rotatable bonds is 6. The average molecular weight is 351 g/mol. The van der Waals surface area contributed by atoms with Gasteiger partial charge >= 0.3 is 6.61 Å². The Hall–Kier alpha value is -2.12. The van der Waals surface area contributed by atoms with Crippen LogP contribution in [0.3, 0.4) is 0 Å². The Bertz CT molecular complexity index is 674. The predicted octanol–water partition coefficient (Wildman–Crippen LogP) is 3.14. The van der Waals surface area contributed by atoms with E-state index in [0.717, 1.165) is 38.3 Å². The van der Waals surface area contributed by atoms with E-state index in [9.17, 15) is 13.2 Å². The van der Waals surface area contributed by atoms with Gasteiger partial charge in [-0.3, -0.25) is 14.8 Å². The van der Waals surface area contributed by atoms with E-state index in [-0.39, 0.29) is 11.6 Å². The largest absolute Gasteiger partial charge is 0.435 e. The monoisotopic (exact) mass is 351 g/mol. The van der Waals surface area contributed by atoms with Crippen LogP contribution in [0.1, 0.15) is 11.3 Å². The van der Waals surface area contributed by atoms with Gasteiger partial charge in [0, 0.05) is 45.5 Å². The van der Waals surface area contributed by atoms with Crippen LogP contribution in [-0.4, -0.2) is 47.6 Å². The Labute approximate surface area is 144 Å². The van der Waals surface area contributed by atoms with Gasteiger partial charge in [-0.1, -0.05) is 12.1 Å². The summed E-state index contributed by atoms with van der Waals surface area (Å²) in [6.07, 6.45) is 1.61. The van der Waals surface area contributed by atoms with Crippen LogP contribution < -0.4 is 4.74 Å². The summed E-state index contributed by atoms with van der Waals surface area (Å²) in [6, 6.07) is 9.73. The van der Waals surface area contributed by atoms with Gasteiger partial charge in [-0.2, -0.15) is 8.78 Å². The molecule has 2 heterocycles.